The monoisotopic (exact) mass is 1690 g/mol. The zero-order valence-corrected chi connectivity index (χ0v) is 73.3. The minimum absolute atomic E-state index is 0.115. The predicted octanol–water partition coefficient (Wildman–Crippen LogP) is 35.9. The van der Waals surface area contributed by atoms with Gasteiger partial charge in [-0.05, 0) is 244 Å². The lowest BCUT2D eigenvalue weighted by Crippen LogP contribution is -2.16. The summed E-state index contributed by atoms with van der Waals surface area (Å²) >= 11 is 0. The maximum Gasteiger partial charge on any atom is 0.143 e. The number of nitrogens with zero attached hydrogens (tertiary/aromatic N) is 2. The Morgan fingerprint density at radius 2 is 0.379 bits per heavy atom. The van der Waals surface area contributed by atoms with Crippen LogP contribution in [0, 0.1) is 0 Å². The van der Waals surface area contributed by atoms with Gasteiger partial charge in [-0.15, -0.1) is 0 Å². The summed E-state index contributed by atoms with van der Waals surface area (Å²) in [5.41, 5.74) is 43.0. The fraction of sp³-hybridized carbons (Fsp3) is 0.0476. The molecule has 0 fully saturated rings. The molecule has 624 valence electrons. The van der Waals surface area contributed by atoms with Crippen molar-refractivity contribution in [2.75, 3.05) is 9.80 Å². The molecular formula is C126H86N2O4. The van der Waals surface area contributed by atoms with Crippen LogP contribution in [0.2, 0.25) is 0 Å². The van der Waals surface area contributed by atoms with Gasteiger partial charge in [0.2, 0.25) is 0 Å². The van der Waals surface area contributed by atoms with Gasteiger partial charge < -0.3 is 27.5 Å². The summed E-state index contributed by atoms with van der Waals surface area (Å²) in [6.07, 6.45) is 0. The number of fused-ring (bicyclic) bond motifs is 18. The molecule has 0 N–H and O–H groups in total. The summed E-state index contributed by atoms with van der Waals surface area (Å²) < 4.78 is 24.9. The minimum atomic E-state index is -0.120. The fourth-order valence-electron chi connectivity index (χ4n) is 20.9. The molecule has 0 saturated carbocycles. The van der Waals surface area contributed by atoms with E-state index >= 15 is 0 Å². The smallest absolute Gasteiger partial charge is 0.143 e. The summed E-state index contributed by atoms with van der Waals surface area (Å²) in [5.74, 6) is 0. The van der Waals surface area contributed by atoms with Crippen LogP contribution in [0.1, 0.15) is 49.9 Å². The minimum Gasteiger partial charge on any atom is -0.456 e. The normalized spacial score (nSPS) is 12.8. The molecule has 0 amide bonds. The highest BCUT2D eigenvalue weighted by molar-refractivity contribution is 6.12. The molecule has 0 aliphatic heterocycles. The highest BCUT2D eigenvalue weighted by Gasteiger charge is 2.38. The molecule has 4 aromatic heterocycles. The number of hydrogen-bond donors (Lipinski definition) is 0. The van der Waals surface area contributed by atoms with E-state index in [0.29, 0.717) is 0 Å². The van der Waals surface area contributed by atoms with E-state index in [1.54, 1.807) is 0 Å². The van der Waals surface area contributed by atoms with E-state index < -0.39 is 0 Å². The molecule has 2 aliphatic carbocycles. The summed E-state index contributed by atoms with van der Waals surface area (Å²) in [6, 6.07) is 162. The summed E-state index contributed by atoms with van der Waals surface area (Å²) in [5, 5.41) is 9.13. The highest BCUT2D eigenvalue weighted by Crippen LogP contribution is 2.54. The zero-order valence-electron chi connectivity index (χ0n) is 73.3. The third-order valence-corrected chi connectivity index (χ3v) is 27.9. The van der Waals surface area contributed by atoms with Gasteiger partial charge in [0, 0.05) is 99.2 Å². The van der Waals surface area contributed by atoms with Crippen molar-refractivity contribution in [2.45, 2.75) is 38.5 Å². The molecule has 0 radical (unpaired) electrons. The van der Waals surface area contributed by atoms with Crippen LogP contribution < -0.4 is 9.80 Å². The topological polar surface area (TPSA) is 59.0 Å². The third-order valence-electron chi connectivity index (χ3n) is 27.9. The predicted molar refractivity (Wildman–Crippen MR) is 550 cm³/mol. The summed E-state index contributed by atoms with van der Waals surface area (Å²) in [7, 11) is 0. The van der Waals surface area contributed by atoms with Gasteiger partial charge in [-0.25, -0.2) is 0 Å². The Morgan fingerprint density at radius 3 is 0.712 bits per heavy atom. The van der Waals surface area contributed by atoms with E-state index in [2.05, 4.69) is 438 Å². The van der Waals surface area contributed by atoms with Crippen LogP contribution in [0.5, 0.6) is 0 Å². The van der Waals surface area contributed by atoms with Crippen LogP contribution in [0.4, 0.5) is 34.1 Å². The van der Waals surface area contributed by atoms with Gasteiger partial charge in [0.05, 0.1) is 0 Å². The first-order valence-corrected chi connectivity index (χ1v) is 45.4. The Bertz CT molecular complexity index is 8240. The number of benzene rings is 20. The van der Waals surface area contributed by atoms with Crippen LogP contribution in [-0.4, -0.2) is 0 Å². The molecule has 0 atom stereocenters. The molecule has 26 rings (SSSR count). The van der Waals surface area contributed by atoms with Crippen molar-refractivity contribution in [3.05, 3.63) is 471 Å². The molecule has 132 heavy (non-hydrogen) atoms. The Labute approximate surface area is 765 Å². The molecule has 0 spiro atoms. The molecule has 0 saturated heterocycles. The summed E-state index contributed by atoms with van der Waals surface area (Å²) in [6.45, 7) is 9.39. The largest absolute Gasteiger partial charge is 0.456 e. The standard InChI is InChI=1S/2C63H43NO2/c1-63(2)57-18-6-3-11-51(57)52-38-37-48(39-58(52)63)64(46-33-29-42(30-34-46)40-21-25-44(26-22-40)49-14-9-16-55-53-12-4-7-19-59(53)65-61(49)55)47-35-31-43(32-36-47)41-23-27-45(28-24-41)50-15-10-17-56-54-13-5-8-20-60(54)66-62(50)56;1-63(2)57-12-6-3-9-51(57)52-34-33-50(39-58(52)63)64(48-29-23-42(24-30-48)40-15-19-44(20-16-40)46-27-35-61-55(37-46)53-10-4-7-13-59(53)65-61)49-31-25-43(26-32-49)41-17-21-45(22-18-41)47-28-36-62-56(38-47)54-11-5-8-14-60(54)66-62/h2*3-39H,1-2H3. The van der Waals surface area contributed by atoms with Gasteiger partial charge in [0.25, 0.3) is 0 Å². The lowest BCUT2D eigenvalue weighted by Gasteiger charge is -2.28. The quantitative estimate of drug-likeness (QED) is 0.108. The third kappa shape index (κ3) is 13.1. The summed E-state index contributed by atoms with van der Waals surface area (Å²) in [4.78, 5) is 4.78. The highest BCUT2D eigenvalue weighted by atomic mass is 16.3. The van der Waals surface area contributed by atoms with Crippen molar-refractivity contribution < 1.29 is 17.7 Å². The Hall–Kier alpha value is -16.8. The zero-order chi connectivity index (χ0) is 87.9. The molecule has 20 aromatic carbocycles. The molecule has 0 unspecified atom stereocenters. The van der Waals surface area contributed by atoms with Crippen molar-refractivity contribution in [3.8, 4) is 111 Å². The van der Waals surface area contributed by atoms with E-state index in [1.807, 2.05) is 48.5 Å². The van der Waals surface area contributed by atoms with Crippen molar-refractivity contribution in [2.24, 2.45) is 0 Å². The molecule has 0 bridgehead atoms. The second-order valence-corrected chi connectivity index (χ2v) is 36.1. The number of furan rings is 4. The molecule has 6 nitrogen and oxygen atoms in total. The molecule has 4 heterocycles. The van der Waals surface area contributed by atoms with Crippen molar-refractivity contribution in [3.63, 3.8) is 0 Å². The van der Waals surface area contributed by atoms with Gasteiger partial charge in [-0.3, -0.25) is 0 Å². The van der Waals surface area contributed by atoms with E-state index in [1.165, 1.54) is 89.0 Å². The van der Waals surface area contributed by atoms with Crippen molar-refractivity contribution >= 4 is 122 Å². The SMILES string of the molecule is CC1(C)c2ccccc2-c2ccc(N(c3ccc(-c4ccc(-c5ccc6oc7ccccc7c6c5)cc4)cc3)c3ccc(-c4ccc(-c5ccc6oc7ccccc7c6c5)cc4)cc3)cc21.CC1(C)c2ccccc2-c2ccc(N(c3ccc(-c4ccc(-c5cccc6c5oc5ccccc56)cc4)cc3)c3ccc(-c4ccc(-c5cccc6c5oc5ccccc56)cc4)cc3)cc21. The van der Waals surface area contributed by atoms with Crippen molar-refractivity contribution in [1.29, 1.82) is 0 Å². The molecule has 6 heteroatoms. The maximum absolute atomic E-state index is 6.37. The van der Waals surface area contributed by atoms with Crippen LogP contribution in [0.3, 0.4) is 0 Å². The van der Waals surface area contributed by atoms with Crippen LogP contribution in [0.15, 0.2) is 467 Å². The van der Waals surface area contributed by atoms with Crippen LogP contribution >= 0.6 is 0 Å². The average Bonchev–Trinajstić information content (AvgIpc) is 1.58. The van der Waals surface area contributed by atoms with Crippen LogP contribution in [0.25, 0.3) is 199 Å². The Kier molecular flexibility index (Phi) is 18.2. The first-order valence-electron chi connectivity index (χ1n) is 45.4. The lowest BCUT2D eigenvalue weighted by molar-refractivity contribution is 0.660. The van der Waals surface area contributed by atoms with Gasteiger partial charge in [-0.1, -0.05) is 355 Å². The van der Waals surface area contributed by atoms with Crippen LogP contribution in [-0.2, 0) is 10.8 Å². The van der Waals surface area contributed by atoms with E-state index in [4.69, 9.17) is 17.7 Å². The number of anilines is 6. The second-order valence-electron chi connectivity index (χ2n) is 36.1. The number of rotatable bonds is 14. The van der Waals surface area contributed by atoms with E-state index in [0.717, 1.165) is 166 Å². The van der Waals surface area contributed by atoms with Gasteiger partial charge in [0.15, 0.2) is 0 Å². The first-order chi connectivity index (χ1) is 64.9. The lowest BCUT2D eigenvalue weighted by atomic mass is 9.82. The Morgan fingerprint density at radius 1 is 0.152 bits per heavy atom. The molecule has 2 aliphatic rings. The molecule has 24 aromatic rings. The average molecular weight is 1690 g/mol. The Balaban J connectivity index is 0.000000142. The van der Waals surface area contributed by atoms with Gasteiger partial charge >= 0.3 is 0 Å². The van der Waals surface area contributed by atoms with E-state index in [9.17, 15) is 0 Å². The van der Waals surface area contributed by atoms with Crippen molar-refractivity contribution in [1.82, 2.24) is 0 Å². The first kappa shape index (κ1) is 77.5. The van der Waals surface area contributed by atoms with E-state index in [-0.39, 0.29) is 10.8 Å². The number of para-hydroxylation sites is 6. The fourth-order valence-corrected chi connectivity index (χ4v) is 20.9. The van der Waals surface area contributed by atoms with Gasteiger partial charge in [0.1, 0.15) is 44.7 Å². The maximum atomic E-state index is 6.37. The second kappa shape index (κ2) is 31.0. The number of hydrogen-bond acceptors (Lipinski definition) is 6. The molecular weight excluding hydrogens is 1610 g/mol. The van der Waals surface area contributed by atoms with Gasteiger partial charge in [-0.2, -0.15) is 0 Å².